The van der Waals surface area contributed by atoms with E-state index in [0.717, 1.165) is 19.1 Å². The second-order valence-electron chi connectivity index (χ2n) is 4.88. The van der Waals surface area contributed by atoms with Gasteiger partial charge in [0.1, 0.15) is 11.8 Å². The van der Waals surface area contributed by atoms with Gasteiger partial charge in [0.05, 0.1) is 11.3 Å². The molecular formula is C13H15Cl2NO4S. The van der Waals surface area contributed by atoms with Crippen molar-refractivity contribution in [1.29, 1.82) is 0 Å². The molecule has 1 unspecified atom stereocenters. The number of carbonyl (C=O) groups is 1. The van der Waals surface area contributed by atoms with Gasteiger partial charge in [0, 0.05) is 11.6 Å². The summed E-state index contributed by atoms with van der Waals surface area (Å²) >= 11 is 11.7. The molecule has 0 bridgehead atoms. The van der Waals surface area contributed by atoms with Crippen molar-refractivity contribution < 1.29 is 17.9 Å². The van der Waals surface area contributed by atoms with Crippen LogP contribution in [0.4, 0.5) is 0 Å². The fourth-order valence-corrected chi connectivity index (χ4v) is 3.83. The lowest BCUT2D eigenvalue weighted by atomic mass is 10.1. The van der Waals surface area contributed by atoms with Crippen LogP contribution in [0.2, 0.25) is 10.0 Å². The molecule has 5 nitrogen and oxygen atoms in total. The number of ether oxygens (including phenoxy) is 1. The molecule has 116 valence electrons. The first-order valence-corrected chi connectivity index (χ1v) is 9.03. The molecule has 0 radical (unpaired) electrons. The van der Waals surface area contributed by atoms with Crippen molar-refractivity contribution in [2.24, 2.45) is 0 Å². The van der Waals surface area contributed by atoms with E-state index in [1.54, 1.807) is 6.07 Å². The standard InChI is InChI=1S/C13H15Cl2NO4S/c1-21(18,19)16-7-3-2-4-11(16)13(17)20-12-6-5-9(14)8-10(12)15/h5-6,8,11H,2-4,7H2,1H3. The molecule has 1 saturated heterocycles. The Labute approximate surface area is 133 Å². The van der Waals surface area contributed by atoms with Crippen molar-refractivity contribution in [2.45, 2.75) is 25.3 Å². The van der Waals surface area contributed by atoms with Gasteiger partial charge in [-0.25, -0.2) is 13.2 Å². The Kier molecular flexibility index (Phi) is 5.14. The van der Waals surface area contributed by atoms with Crippen LogP contribution in [0.15, 0.2) is 18.2 Å². The monoisotopic (exact) mass is 351 g/mol. The summed E-state index contributed by atoms with van der Waals surface area (Å²) in [5, 5.41) is 0.632. The van der Waals surface area contributed by atoms with Crippen LogP contribution in [0.25, 0.3) is 0 Å². The SMILES string of the molecule is CS(=O)(=O)N1CCCCC1C(=O)Oc1ccc(Cl)cc1Cl. The van der Waals surface area contributed by atoms with E-state index in [1.807, 2.05) is 0 Å². The van der Waals surface area contributed by atoms with Gasteiger partial charge >= 0.3 is 5.97 Å². The minimum absolute atomic E-state index is 0.171. The van der Waals surface area contributed by atoms with Crippen molar-refractivity contribution in [3.05, 3.63) is 28.2 Å². The molecule has 0 N–H and O–H groups in total. The third-order valence-electron chi connectivity index (χ3n) is 3.26. The van der Waals surface area contributed by atoms with E-state index in [1.165, 1.54) is 16.4 Å². The van der Waals surface area contributed by atoms with E-state index >= 15 is 0 Å². The molecule has 2 rings (SSSR count). The van der Waals surface area contributed by atoms with Gasteiger partial charge in [-0.3, -0.25) is 0 Å². The molecule has 1 aromatic rings. The van der Waals surface area contributed by atoms with Crippen LogP contribution < -0.4 is 4.74 Å². The lowest BCUT2D eigenvalue weighted by Crippen LogP contribution is -2.48. The zero-order chi connectivity index (χ0) is 15.6. The summed E-state index contributed by atoms with van der Waals surface area (Å²) in [4.78, 5) is 12.2. The first kappa shape index (κ1) is 16.5. The maximum absolute atomic E-state index is 12.2. The number of piperidine rings is 1. The number of hydrogen-bond acceptors (Lipinski definition) is 4. The Balaban J connectivity index is 2.18. The Bertz CT molecular complexity index is 648. The van der Waals surface area contributed by atoms with E-state index in [-0.39, 0.29) is 10.8 Å². The van der Waals surface area contributed by atoms with Crippen LogP contribution in [0.1, 0.15) is 19.3 Å². The second kappa shape index (κ2) is 6.52. The normalized spacial score (nSPS) is 20.2. The summed E-state index contributed by atoms with van der Waals surface area (Å²) in [5.74, 6) is -0.450. The molecule has 8 heteroatoms. The highest BCUT2D eigenvalue weighted by Gasteiger charge is 2.36. The van der Waals surface area contributed by atoms with Crippen LogP contribution in [0.5, 0.6) is 5.75 Å². The molecule has 1 heterocycles. The molecule has 1 atom stereocenters. The van der Waals surface area contributed by atoms with Crippen molar-refractivity contribution in [2.75, 3.05) is 12.8 Å². The van der Waals surface area contributed by atoms with Crippen LogP contribution in [0.3, 0.4) is 0 Å². The number of carbonyl (C=O) groups excluding carboxylic acids is 1. The largest absolute Gasteiger partial charge is 0.424 e. The number of sulfonamides is 1. The second-order valence-corrected chi connectivity index (χ2v) is 7.66. The topological polar surface area (TPSA) is 63.7 Å². The maximum atomic E-state index is 12.2. The van der Waals surface area contributed by atoms with Crippen molar-refractivity contribution in [1.82, 2.24) is 4.31 Å². The summed E-state index contributed by atoms with van der Waals surface area (Å²) in [7, 11) is -3.45. The highest BCUT2D eigenvalue weighted by molar-refractivity contribution is 7.88. The fraction of sp³-hybridized carbons (Fsp3) is 0.462. The number of halogens is 2. The Hall–Kier alpha value is -0.820. The molecule has 1 aromatic carbocycles. The predicted molar refractivity (Wildman–Crippen MR) is 81.3 cm³/mol. The van der Waals surface area contributed by atoms with Crippen molar-refractivity contribution in [3.8, 4) is 5.75 Å². The van der Waals surface area contributed by atoms with Crippen LogP contribution in [-0.2, 0) is 14.8 Å². The molecule has 0 aliphatic carbocycles. The van der Waals surface area contributed by atoms with Crippen LogP contribution in [0, 0.1) is 0 Å². The van der Waals surface area contributed by atoms with E-state index in [9.17, 15) is 13.2 Å². The lowest BCUT2D eigenvalue weighted by Gasteiger charge is -2.31. The molecule has 1 aliphatic heterocycles. The minimum atomic E-state index is -3.45. The lowest BCUT2D eigenvalue weighted by molar-refractivity contribution is -0.139. The molecule has 0 amide bonds. The zero-order valence-corrected chi connectivity index (χ0v) is 13.7. The van der Waals surface area contributed by atoms with Crippen molar-refractivity contribution >= 4 is 39.2 Å². The van der Waals surface area contributed by atoms with Gasteiger partial charge in [0.25, 0.3) is 0 Å². The van der Waals surface area contributed by atoms with Gasteiger partial charge in [0.2, 0.25) is 10.0 Å². The quantitative estimate of drug-likeness (QED) is 0.620. The smallest absolute Gasteiger partial charge is 0.329 e. The van der Waals surface area contributed by atoms with Gasteiger partial charge in [0.15, 0.2) is 0 Å². The number of hydrogen-bond donors (Lipinski definition) is 0. The summed E-state index contributed by atoms with van der Waals surface area (Å²) < 4.78 is 29.9. The van der Waals surface area contributed by atoms with Gasteiger partial charge in [-0.05, 0) is 37.5 Å². The Morgan fingerprint density at radius 2 is 2.05 bits per heavy atom. The number of esters is 1. The third-order valence-corrected chi connectivity index (χ3v) is 5.08. The van der Waals surface area contributed by atoms with Gasteiger partial charge in [-0.2, -0.15) is 4.31 Å². The van der Waals surface area contributed by atoms with E-state index in [0.29, 0.717) is 18.0 Å². The fourth-order valence-electron chi connectivity index (χ4n) is 2.27. The summed E-state index contributed by atoms with van der Waals surface area (Å²) in [6.45, 7) is 0.326. The first-order valence-electron chi connectivity index (χ1n) is 6.42. The average Bonchev–Trinajstić information content (AvgIpc) is 2.41. The van der Waals surface area contributed by atoms with Gasteiger partial charge < -0.3 is 4.74 Å². The summed E-state index contributed by atoms with van der Waals surface area (Å²) in [6, 6.07) is 3.68. The number of nitrogens with zero attached hydrogens (tertiary/aromatic N) is 1. The molecule has 0 aromatic heterocycles. The first-order chi connectivity index (χ1) is 9.79. The van der Waals surface area contributed by atoms with Crippen LogP contribution in [-0.4, -0.2) is 37.5 Å². The minimum Gasteiger partial charge on any atom is -0.424 e. The number of rotatable bonds is 3. The molecule has 1 fully saturated rings. The highest BCUT2D eigenvalue weighted by atomic mass is 35.5. The molecule has 1 aliphatic rings. The zero-order valence-electron chi connectivity index (χ0n) is 11.4. The molecule has 21 heavy (non-hydrogen) atoms. The third kappa shape index (κ3) is 4.10. The summed E-state index contributed by atoms with van der Waals surface area (Å²) in [5.41, 5.74) is 0. The summed E-state index contributed by atoms with van der Waals surface area (Å²) in [6.07, 6.45) is 3.05. The van der Waals surface area contributed by atoms with Crippen LogP contribution >= 0.6 is 23.2 Å². The number of benzene rings is 1. The molecule has 0 saturated carbocycles. The maximum Gasteiger partial charge on any atom is 0.329 e. The van der Waals surface area contributed by atoms with E-state index in [4.69, 9.17) is 27.9 Å². The van der Waals surface area contributed by atoms with E-state index < -0.39 is 22.0 Å². The van der Waals surface area contributed by atoms with E-state index in [2.05, 4.69) is 0 Å². The van der Waals surface area contributed by atoms with Gasteiger partial charge in [-0.1, -0.05) is 23.2 Å². The average molecular weight is 352 g/mol. The Morgan fingerprint density at radius 3 is 2.67 bits per heavy atom. The predicted octanol–water partition coefficient (Wildman–Crippen LogP) is 2.71. The Morgan fingerprint density at radius 1 is 1.33 bits per heavy atom. The molecular weight excluding hydrogens is 337 g/mol. The highest BCUT2D eigenvalue weighted by Crippen LogP contribution is 2.29. The van der Waals surface area contributed by atoms with Crippen molar-refractivity contribution in [3.63, 3.8) is 0 Å². The molecule has 0 spiro atoms. The van der Waals surface area contributed by atoms with Gasteiger partial charge in [-0.15, -0.1) is 0 Å².